The summed E-state index contributed by atoms with van der Waals surface area (Å²) in [4.78, 5) is 13.5. The van der Waals surface area contributed by atoms with Gasteiger partial charge >= 0.3 is 0 Å². The number of ether oxygens (including phenoxy) is 1. The minimum absolute atomic E-state index is 0.00333. The summed E-state index contributed by atoms with van der Waals surface area (Å²) in [6.45, 7) is 6.73. The Labute approximate surface area is 90.5 Å². The number of aliphatic hydroxyl groups excluding tert-OH is 1. The van der Waals surface area contributed by atoms with Gasteiger partial charge in [0.15, 0.2) is 0 Å². The molecule has 1 amide bonds. The van der Waals surface area contributed by atoms with Gasteiger partial charge in [0.1, 0.15) is 0 Å². The first kappa shape index (κ1) is 12.2. The van der Waals surface area contributed by atoms with Crippen LogP contribution in [0.1, 0.15) is 20.8 Å². The molecule has 86 valence electrons. The van der Waals surface area contributed by atoms with Crippen LogP contribution in [0.4, 0.5) is 0 Å². The van der Waals surface area contributed by atoms with Gasteiger partial charge in [-0.05, 0) is 20.8 Å². The molecule has 1 rings (SSSR count). The molecule has 1 fully saturated rings. The van der Waals surface area contributed by atoms with Crippen molar-refractivity contribution in [2.24, 2.45) is 0 Å². The second-order valence-electron chi connectivity index (χ2n) is 4.22. The topological polar surface area (TPSA) is 49.8 Å². The molecule has 1 N–H and O–H groups in total. The maximum absolute atomic E-state index is 11.7. The summed E-state index contributed by atoms with van der Waals surface area (Å²) < 4.78 is 5.46. The third-order valence-electron chi connectivity index (χ3n) is 2.25. The zero-order chi connectivity index (χ0) is 11.4. The van der Waals surface area contributed by atoms with E-state index in [-0.39, 0.29) is 24.7 Å². The van der Waals surface area contributed by atoms with E-state index in [1.807, 2.05) is 20.8 Å². The summed E-state index contributed by atoms with van der Waals surface area (Å²) in [6, 6.07) is 0. The number of hydrogen-bond donors (Lipinski definition) is 1. The molecule has 4 nitrogen and oxygen atoms in total. The summed E-state index contributed by atoms with van der Waals surface area (Å²) in [7, 11) is 0. The average Bonchev–Trinajstić information content (AvgIpc) is 2.15. The molecular weight excluding hydrogens is 194 g/mol. The van der Waals surface area contributed by atoms with E-state index in [1.165, 1.54) is 0 Å². The Morgan fingerprint density at radius 1 is 1.53 bits per heavy atom. The minimum atomic E-state index is -0.247. The van der Waals surface area contributed by atoms with Gasteiger partial charge in [-0.3, -0.25) is 4.79 Å². The maximum atomic E-state index is 11.7. The molecule has 1 heterocycles. The van der Waals surface area contributed by atoms with Crippen LogP contribution in [0.15, 0.2) is 11.6 Å². The van der Waals surface area contributed by atoms with Crippen LogP contribution in [-0.2, 0) is 9.53 Å². The van der Waals surface area contributed by atoms with Gasteiger partial charge in [0, 0.05) is 19.2 Å². The van der Waals surface area contributed by atoms with Crippen LogP contribution >= 0.6 is 0 Å². The Morgan fingerprint density at radius 3 is 2.73 bits per heavy atom. The molecule has 0 radical (unpaired) electrons. The third kappa shape index (κ3) is 3.64. The van der Waals surface area contributed by atoms with Crippen molar-refractivity contribution in [3.05, 3.63) is 11.6 Å². The number of carbonyl (C=O) groups is 1. The van der Waals surface area contributed by atoms with Gasteiger partial charge in [0.25, 0.3) is 0 Å². The van der Waals surface area contributed by atoms with Crippen LogP contribution in [0.5, 0.6) is 0 Å². The lowest BCUT2D eigenvalue weighted by molar-refractivity contribution is -0.142. The highest BCUT2D eigenvalue weighted by Gasteiger charge is 2.26. The van der Waals surface area contributed by atoms with Crippen LogP contribution in [0.25, 0.3) is 0 Å². The normalized spacial score (nSPS) is 26.3. The van der Waals surface area contributed by atoms with E-state index in [0.717, 1.165) is 5.57 Å². The summed E-state index contributed by atoms with van der Waals surface area (Å²) in [5.41, 5.74) is 0.986. The molecule has 0 aliphatic carbocycles. The van der Waals surface area contributed by atoms with Crippen molar-refractivity contribution >= 4 is 5.91 Å². The van der Waals surface area contributed by atoms with Crippen LogP contribution in [0.3, 0.4) is 0 Å². The Bertz CT molecular complexity index is 259. The number of nitrogens with zero attached hydrogens (tertiary/aromatic N) is 1. The number of carbonyl (C=O) groups excluding carboxylic acids is 1. The molecule has 0 aromatic rings. The predicted molar refractivity (Wildman–Crippen MR) is 57.4 cm³/mol. The highest BCUT2D eigenvalue weighted by molar-refractivity contribution is 5.88. The summed E-state index contributed by atoms with van der Waals surface area (Å²) in [5.74, 6) is 0.00333. The van der Waals surface area contributed by atoms with Gasteiger partial charge in [-0.1, -0.05) is 5.57 Å². The van der Waals surface area contributed by atoms with Crippen molar-refractivity contribution in [1.29, 1.82) is 0 Å². The summed E-state index contributed by atoms with van der Waals surface area (Å²) in [6.07, 6.45) is 1.36. The van der Waals surface area contributed by atoms with Crippen LogP contribution in [0.2, 0.25) is 0 Å². The van der Waals surface area contributed by atoms with Crippen LogP contribution in [0, 0.1) is 0 Å². The second-order valence-corrected chi connectivity index (χ2v) is 4.22. The van der Waals surface area contributed by atoms with Crippen molar-refractivity contribution in [2.45, 2.75) is 33.0 Å². The minimum Gasteiger partial charge on any atom is -0.394 e. The number of hydrogen-bond acceptors (Lipinski definition) is 3. The fourth-order valence-electron chi connectivity index (χ4n) is 1.66. The fourth-order valence-corrected chi connectivity index (χ4v) is 1.66. The highest BCUT2D eigenvalue weighted by Crippen LogP contribution is 2.11. The van der Waals surface area contributed by atoms with E-state index in [0.29, 0.717) is 13.1 Å². The molecule has 2 unspecified atom stereocenters. The molecule has 1 saturated heterocycles. The molecule has 1 aliphatic rings. The first-order chi connectivity index (χ1) is 7.02. The fraction of sp³-hybridized carbons (Fsp3) is 0.727. The van der Waals surface area contributed by atoms with Crippen LogP contribution < -0.4 is 0 Å². The first-order valence-electron chi connectivity index (χ1n) is 5.23. The second kappa shape index (κ2) is 5.28. The van der Waals surface area contributed by atoms with Crippen molar-refractivity contribution < 1.29 is 14.6 Å². The Balaban J connectivity index is 2.61. The SMILES string of the molecule is CC(C)=CC(=O)N1CC(C)OC(CO)C1. The van der Waals surface area contributed by atoms with Crippen molar-refractivity contribution in [3.63, 3.8) is 0 Å². The molecule has 0 saturated carbocycles. The largest absolute Gasteiger partial charge is 0.394 e. The van der Waals surface area contributed by atoms with Crippen molar-refractivity contribution in [2.75, 3.05) is 19.7 Å². The van der Waals surface area contributed by atoms with E-state index < -0.39 is 0 Å². The molecule has 0 aromatic carbocycles. The van der Waals surface area contributed by atoms with E-state index in [9.17, 15) is 4.79 Å². The Kier molecular flexibility index (Phi) is 4.29. The molecule has 0 bridgehead atoms. The summed E-state index contributed by atoms with van der Waals surface area (Å²) >= 11 is 0. The molecule has 2 atom stereocenters. The number of rotatable bonds is 2. The Hall–Kier alpha value is -0.870. The molecule has 0 aromatic heterocycles. The average molecular weight is 213 g/mol. The van der Waals surface area contributed by atoms with Gasteiger partial charge in [-0.2, -0.15) is 0 Å². The molecule has 4 heteroatoms. The van der Waals surface area contributed by atoms with Gasteiger partial charge in [0.2, 0.25) is 5.91 Å². The van der Waals surface area contributed by atoms with E-state index >= 15 is 0 Å². The van der Waals surface area contributed by atoms with Gasteiger partial charge in [-0.25, -0.2) is 0 Å². The van der Waals surface area contributed by atoms with Crippen LogP contribution in [-0.4, -0.2) is 47.8 Å². The number of morpholine rings is 1. The van der Waals surface area contributed by atoms with Crippen molar-refractivity contribution in [3.8, 4) is 0 Å². The van der Waals surface area contributed by atoms with E-state index in [4.69, 9.17) is 9.84 Å². The lowest BCUT2D eigenvalue weighted by Gasteiger charge is -2.35. The number of aliphatic hydroxyl groups is 1. The van der Waals surface area contributed by atoms with Crippen molar-refractivity contribution in [1.82, 2.24) is 4.90 Å². The molecular formula is C11H19NO3. The maximum Gasteiger partial charge on any atom is 0.246 e. The predicted octanol–water partition coefficient (Wildman–Crippen LogP) is 0.561. The molecule has 15 heavy (non-hydrogen) atoms. The third-order valence-corrected chi connectivity index (χ3v) is 2.25. The smallest absolute Gasteiger partial charge is 0.246 e. The van der Waals surface area contributed by atoms with E-state index in [2.05, 4.69) is 0 Å². The quantitative estimate of drug-likeness (QED) is 0.682. The molecule has 0 spiro atoms. The lowest BCUT2D eigenvalue weighted by Crippen LogP contribution is -2.49. The first-order valence-corrected chi connectivity index (χ1v) is 5.23. The zero-order valence-corrected chi connectivity index (χ0v) is 9.56. The number of allylic oxidation sites excluding steroid dienone is 1. The van der Waals surface area contributed by atoms with E-state index in [1.54, 1.807) is 11.0 Å². The summed E-state index contributed by atoms with van der Waals surface area (Å²) in [5, 5.41) is 9.01. The van der Waals surface area contributed by atoms with Gasteiger partial charge < -0.3 is 14.7 Å². The monoisotopic (exact) mass is 213 g/mol. The standard InChI is InChI=1S/C11H19NO3/c1-8(2)4-11(14)12-5-9(3)15-10(6-12)7-13/h4,9-10,13H,5-7H2,1-3H3. The number of amides is 1. The van der Waals surface area contributed by atoms with Gasteiger partial charge in [0.05, 0.1) is 18.8 Å². The lowest BCUT2D eigenvalue weighted by atomic mass is 10.2. The molecule has 1 aliphatic heterocycles. The zero-order valence-electron chi connectivity index (χ0n) is 9.56. The Morgan fingerprint density at radius 2 is 2.20 bits per heavy atom. The highest BCUT2D eigenvalue weighted by atomic mass is 16.5. The van der Waals surface area contributed by atoms with Gasteiger partial charge in [-0.15, -0.1) is 0 Å².